The van der Waals surface area contributed by atoms with Crippen LogP contribution in [-0.2, 0) is 9.53 Å². The second-order valence-corrected chi connectivity index (χ2v) is 4.41. The smallest absolute Gasteiger partial charge is 0.320 e. The van der Waals surface area contributed by atoms with Gasteiger partial charge >= 0.3 is 5.97 Å². The predicted octanol–water partition coefficient (Wildman–Crippen LogP) is 2.01. The van der Waals surface area contributed by atoms with Crippen LogP contribution in [0.2, 0.25) is 0 Å². The van der Waals surface area contributed by atoms with Crippen LogP contribution in [0.4, 0.5) is 0 Å². The van der Waals surface area contributed by atoms with E-state index in [-0.39, 0.29) is 5.97 Å². The lowest BCUT2D eigenvalue weighted by Crippen LogP contribution is -2.32. The number of rotatable bonds is 9. The molecule has 0 amide bonds. The van der Waals surface area contributed by atoms with Gasteiger partial charge in [-0.3, -0.25) is 9.69 Å². The molecule has 0 saturated heterocycles. The molecule has 0 heterocycles. The molecule has 0 rings (SSSR count). The van der Waals surface area contributed by atoms with E-state index in [4.69, 9.17) is 4.74 Å². The average molecular weight is 233 g/mol. The van der Waals surface area contributed by atoms with Crippen LogP contribution in [0, 0.1) is 0 Å². The Bertz CT molecular complexity index is 165. The molecule has 0 aromatic carbocycles. The summed E-state index contributed by atoms with van der Waals surface area (Å²) in [5, 5.41) is 0. The van der Waals surface area contributed by atoms with E-state index in [0.29, 0.717) is 13.2 Å². The van der Waals surface area contributed by atoms with Crippen molar-refractivity contribution in [2.45, 2.75) is 26.7 Å². The van der Waals surface area contributed by atoms with Crippen molar-refractivity contribution >= 4 is 17.7 Å². The highest BCUT2D eigenvalue weighted by Gasteiger charge is 2.09. The van der Waals surface area contributed by atoms with Crippen LogP contribution in [-0.4, -0.2) is 49.1 Å². The minimum Gasteiger partial charge on any atom is -0.465 e. The fourth-order valence-corrected chi connectivity index (χ4v) is 1.83. The van der Waals surface area contributed by atoms with Crippen LogP contribution < -0.4 is 0 Å². The molecule has 4 heteroatoms. The van der Waals surface area contributed by atoms with Crippen LogP contribution in [0.3, 0.4) is 0 Å². The van der Waals surface area contributed by atoms with Crippen molar-refractivity contribution in [1.82, 2.24) is 4.90 Å². The van der Waals surface area contributed by atoms with Gasteiger partial charge < -0.3 is 4.74 Å². The zero-order valence-electron chi connectivity index (χ0n) is 10.1. The first kappa shape index (κ1) is 14.8. The highest BCUT2D eigenvalue weighted by atomic mass is 32.2. The standard InChI is InChI=1S/C11H23NO2S/c1-4-7-12(8-6-9-15-3)10-11(13)14-5-2/h4-10H2,1-3H3. The Morgan fingerprint density at radius 1 is 1.33 bits per heavy atom. The summed E-state index contributed by atoms with van der Waals surface area (Å²) in [5.74, 6) is 1.05. The van der Waals surface area contributed by atoms with Crippen molar-refractivity contribution in [1.29, 1.82) is 0 Å². The molecule has 0 radical (unpaired) electrons. The number of carbonyl (C=O) groups is 1. The quantitative estimate of drug-likeness (QED) is 0.450. The highest BCUT2D eigenvalue weighted by Crippen LogP contribution is 2.00. The third-order valence-corrected chi connectivity index (χ3v) is 2.72. The van der Waals surface area contributed by atoms with Crippen molar-refractivity contribution in [3.63, 3.8) is 0 Å². The van der Waals surface area contributed by atoms with E-state index in [0.717, 1.165) is 31.7 Å². The summed E-state index contributed by atoms with van der Waals surface area (Å²) < 4.78 is 4.94. The molecule has 0 aromatic rings. The Hall–Kier alpha value is -0.220. The molecule has 0 aliphatic carbocycles. The fraction of sp³-hybridized carbons (Fsp3) is 0.909. The molecule has 0 aliphatic heterocycles. The summed E-state index contributed by atoms with van der Waals surface area (Å²) in [6, 6.07) is 0. The summed E-state index contributed by atoms with van der Waals surface area (Å²) >= 11 is 1.85. The molecule has 0 unspecified atom stereocenters. The van der Waals surface area contributed by atoms with Gasteiger partial charge in [-0.2, -0.15) is 11.8 Å². The van der Waals surface area contributed by atoms with E-state index in [1.165, 1.54) is 0 Å². The van der Waals surface area contributed by atoms with Gasteiger partial charge in [-0.25, -0.2) is 0 Å². The van der Waals surface area contributed by atoms with E-state index in [1.54, 1.807) is 0 Å². The number of nitrogens with zero attached hydrogens (tertiary/aromatic N) is 1. The maximum Gasteiger partial charge on any atom is 0.320 e. The Kier molecular flexibility index (Phi) is 10.2. The van der Waals surface area contributed by atoms with Crippen molar-refractivity contribution < 1.29 is 9.53 Å². The second kappa shape index (κ2) is 10.3. The van der Waals surface area contributed by atoms with Crippen molar-refractivity contribution in [2.24, 2.45) is 0 Å². The molecule has 3 nitrogen and oxygen atoms in total. The Morgan fingerprint density at radius 3 is 2.60 bits per heavy atom. The largest absolute Gasteiger partial charge is 0.465 e. The normalized spacial score (nSPS) is 10.7. The van der Waals surface area contributed by atoms with Gasteiger partial charge in [0, 0.05) is 0 Å². The van der Waals surface area contributed by atoms with Crippen LogP contribution in [0.1, 0.15) is 26.7 Å². The first-order chi connectivity index (χ1) is 7.24. The number of thioether (sulfide) groups is 1. The monoisotopic (exact) mass is 233 g/mol. The number of carbonyl (C=O) groups excluding carboxylic acids is 1. The first-order valence-corrected chi connectivity index (χ1v) is 7.00. The number of ether oxygens (including phenoxy) is 1. The molecular formula is C11H23NO2S. The lowest BCUT2D eigenvalue weighted by molar-refractivity contribution is -0.144. The minimum absolute atomic E-state index is 0.102. The van der Waals surface area contributed by atoms with Gasteiger partial charge in [0.2, 0.25) is 0 Å². The van der Waals surface area contributed by atoms with Crippen LogP contribution in [0.25, 0.3) is 0 Å². The molecule has 0 bridgehead atoms. The van der Waals surface area contributed by atoms with Crippen LogP contribution in [0.15, 0.2) is 0 Å². The summed E-state index contributed by atoms with van der Waals surface area (Å²) in [7, 11) is 0. The Labute approximate surface area is 97.5 Å². The van der Waals surface area contributed by atoms with Crippen molar-refractivity contribution in [2.75, 3.05) is 38.2 Å². The number of hydrogen-bond donors (Lipinski definition) is 0. The van der Waals surface area contributed by atoms with Crippen molar-refractivity contribution in [3.8, 4) is 0 Å². The first-order valence-electron chi connectivity index (χ1n) is 5.61. The maximum atomic E-state index is 11.3. The van der Waals surface area contributed by atoms with E-state index < -0.39 is 0 Å². The molecule has 0 spiro atoms. The molecular weight excluding hydrogens is 210 g/mol. The molecule has 0 aromatic heterocycles. The lowest BCUT2D eigenvalue weighted by atomic mass is 10.3. The van der Waals surface area contributed by atoms with E-state index in [9.17, 15) is 4.79 Å². The van der Waals surface area contributed by atoms with Crippen LogP contribution in [0.5, 0.6) is 0 Å². The van der Waals surface area contributed by atoms with E-state index in [1.807, 2.05) is 18.7 Å². The zero-order chi connectivity index (χ0) is 11.5. The Balaban J connectivity index is 3.75. The molecule has 0 N–H and O–H groups in total. The molecule has 0 atom stereocenters. The summed E-state index contributed by atoms with van der Waals surface area (Å²) in [4.78, 5) is 13.5. The van der Waals surface area contributed by atoms with Gasteiger partial charge in [0.25, 0.3) is 0 Å². The van der Waals surface area contributed by atoms with Gasteiger partial charge in [-0.05, 0) is 44.9 Å². The molecule has 0 fully saturated rings. The minimum atomic E-state index is -0.102. The third kappa shape index (κ3) is 8.75. The van der Waals surface area contributed by atoms with E-state index >= 15 is 0 Å². The van der Waals surface area contributed by atoms with Gasteiger partial charge in [0.1, 0.15) is 0 Å². The number of esters is 1. The molecule has 90 valence electrons. The highest BCUT2D eigenvalue weighted by molar-refractivity contribution is 7.98. The number of hydrogen-bond acceptors (Lipinski definition) is 4. The summed E-state index contributed by atoms with van der Waals surface area (Å²) in [5.41, 5.74) is 0. The summed E-state index contributed by atoms with van der Waals surface area (Å²) in [6.45, 7) is 6.86. The SMILES string of the molecule is CCCN(CCCSC)CC(=O)OCC. The topological polar surface area (TPSA) is 29.5 Å². The molecule has 15 heavy (non-hydrogen) atoms. The molecule has 0 aliphatic rings. The maximum absolute atomic E-state index is 11.3. The van der Waals surface area contributed by atoms with Gasteiger partial charge in [0.15, 0.2) is 0 Å². The van der Waals surface area contributed by atoms with Gasteiger partial charge in [-0.1, -0.05) is 6.92 Å². The fourth-order valence-electron chi connectivity index (χ4n) is 1.41. The second-order valence-electron chi connectivity index (χ2n) is 3.43. The zero-order valence-corrected chi connectivity index (χ0v) is 10.9. The van der Waals surface area contributed by atoms with Crippen molar-refractivity contribution in [3.05, 3.63) is 0 Å². The predicted molar refractivity (Wildman–Crippen MR) is 66.4 cm³/mol. The van der Waals surface area contributed by atoms with Crippen LogP contribution >= 0.6 is 11.8 Å². The Morgan fingerprint density at radius 2 is 2.07 bits per heavy atom. The van der Waals surface area contributed by atoms with Gasteiger partial charge in [0.05, 0.1) is 13.2 Å². The third-order valence-electron chi connectivity index (χ3n) is 2.02. The molecule has 0 saturated carbocycles. The summed E-state index contributed by atoms with van der Waals surface area (Å²) in [6.07, 6.45) is 4.33. The van der Waals surface area contributed by atoms with E-state index in [2.05, 4.69) is 18.1 Å². The average Bonchev–Trinajstić information content (AvgIpc) is 2.18. The van der Waals surface area contributed by atoms with Gasteiger partial charge in [-0.15, -0.1) is 0 Å². The lowest BCUT2D eigenvalue weighted by Gasteiger charge is -2.20.